The zero-order valence-electron chi connectivity index (χ0n) is 17.0. The van der Waals surface area contributed by atoms with Crippen LogP contribution in [0.25, 0.3) is 0 Å². The largest absolute Gasteiger partial charge is 0.493 e. The zero-order valence-corrected chi connectivity index (χ0v) is 17.0. The van der Waals surface area contributed by atoms with Crippen LogP contribution in [0, 0.1) is 6.92 Å². The van der Waals surface area contributed by atoms with Crippen molar-refractivity contribution in [1.82, 2.24) is 0 Å². The van der Waals surface area contributed by atoms with Crippen LogP contribution in [0.5, 0.6) is 17.2 Å². The van der Waals surface area contributed by atoms with Crippen molar-refractivity contribution in [3.05, 3.63) is 47.0 Å². The second kappa shape index (κ2) is 9.31. The van der Waals surface area contributed by atoms with Crippen LogP contribution in [0.1, 0.15) is 42.9 Å². The number of hydrogen-bond donors (Lipinski definition) is 1. The first-order valence-electron chi connectivity index (χ1n) is 9.10. The summed E-state index contributed by atoms with van der Waals surface area (Å²) in [6.45, 7) is 6.26. The van der Waals surface area contributed by atoms with Crippen LogP contribution in [0.3, 0.4) is 0 Å². The number of para-hydroxylation sites is 1. The molecule has 0 unspecified atom stereocenters. The van der Waals surface area contributed by atoms with Gasteiger partial charge in [-0.2, -0.15) is 0 Å². The van der Waals surface area contributed by atoms with Crippen molar-refractivity contribution in [2.75, 3.05) is 26.6 Å². The molecule has 0 saturated heterocycles. The van der Waals surface area contributed by atoms with Crippen molar-refractivity contribution in [3.8, 4) is 17.2 Å². The van der Waals surface area contributed by atoms with Gasteiger partial charge in [0.05, 0.1) is 21.3 Å². The van der Waals surface area contributed by atoms with Gasteiger partial charge in [-0.05, 0) is 42.0 Å². The molecule has 0 radical (unpaired) electrons. The third-order valence-corrected chi connectivity index (χ3v) is 4.60. The van der Waals surface area contributed by atoms with E-state index in [0.717, 1.165) is 22.4 Å². The molecular formula is C22H29NO4. The first-order chi connectivity index (χ1) is 12.9. The average Bonchev–Trinajstić information content (AvgIpc) is 2.66. The van der Waals surface area contributed by atoms with E-state index < -0.39 is 0 Å². The molecule has 0 atom stereocenters. The van der Waals surface area contributed by atoms with Gasteiger partial charge in [0, 0.05) is 12.1 Å². The summed E-state index contributed by atoms with van der Waals surface area (Å²) in [4.78, 5) is 12.6. The van der Waals surface area contributed by atoms with Gasteiger partial charge >= 0.3 is 0 Å². The quantitative estimate of drug-likeness (QED) is 0.730. The van der Waals surface area contributed by atoms with Crippen LogP contribution < -0.4 is 19.5 Å². The van der Waals surface area contributed by atoms with Gasteiger partial charge in [0.25, 0.3) is 0 Å². The van der Waals surface area contributed by atoms with Crippen molar-refractivity contribution in [2.45, 2.75) is 39.5 Å². The lowest BCUT2D eigenvalue weighted by molar-refractivity contribution is -0.116. The van der Waals surface area contributed by atoms with Crippen molar-refractivity contribution in [3.63, 3.8) is 0 Å². The second-order valence-corrected chi connectivity index (χ2v) is 6.74. The summed E-state index contributed by atoms with van der Waals surface area (Å²) >= 11 is 0. The summed E-state index contributed by atoms with van der Waals surface area (Å²) in [7, 11) is 4.74. The van der Waals surface area contributed by atoms with Crippen molar-refractivity contribution in [1.29, 1.82) is 0 Å². The Bertz CT molecular complexity index is 799. The monoisotopic (exact) mass is 371 g/mol. The fraction of sp³-hybridized carbons (Fsp3) is 0.409. The number of carbonyl (C=O) groups is 1. The molecular weight excluding hydrogens is 342 g/mol. The third-order valence-electron chi connectivity index (χ3n) is 4.60. The molecule has 0 aromatic heterocycles. The highest BCUT2D eigenvalue weighted by molar-refractivity contribution is 5.92. The predicted octanol–water partition coefficient (Wildman–Crippen LogP) is 4.72. The van der Waals surface area contributed by atoms with E-state index in [1.165, 1.54) is 0 Å². The van der Waals surface area contributed by atoms with Crippen LogP contribution in [0.2, 0.25) is 0 Å². The Morgan fingerprint density at radius 3 is 2.30 bits per heavy atom. The lowest BCUT2D eigenvalue weighted by atomic mass is 9.98. The van der Waals surface area contributed by atoms with E-state index in [9.17, 15) is 4.79 Å². The molecule has 0 bridgehead atoms. The Hall–Kier alpha value is -2.69. The van der Waals surface area contributed by atoms with Gasteiger partial charge in [-0.15, -0.1) is 0 Å². The van der Waals surface area contributed by atoms with Gasteiger partial charge in [0.15, 0.2) is 11.5 Å². The molecule has 0 aliphatic rings. The molecule has 1 amide bonds. The smallest absolute Gasteiger partial charge is 0.224 e. The number of anilines is 1. The van der Waals surface area contributed by atoms with Crippen molar-refractivity contribution in [2.24, 2.45) is 0 Å². The summed E-state index contributed by atoms with van der Waals surface area (Å²) in [5.74, 6) is 2.06. The number of nitrogens with one attached hydrogen (secondary N) is 1. The van der Waals surface area contributed by atoms with E-state index in [0.29, 0.717) is 36.0 Å². The molecule has 2 aromatic carbocycles. The molecule has 146 valence electrons. The second-order valence-electron chi connectivity index (χ2n) is 6.74. The summed E-state index contributed by atoms with van der Waals surface area (Å²) in [5.41, 5.74) is 4.03. The maximum absolute atomic E-state index is 12.6. The van der Waals surface area contributed by atoms with E-state index in [1.54, 1.807) is 21.3 Å². The van der Waals surface area contributed by atoms with E-state index >= 15 is 0 Å². The molecule has 5 heteroatoms. The average molecular weight is 371 g/mol. The molecule has 5 nitrogen and oxygen atoms in total. The minimum Gasteiger partial charge on any atom is -0.493 e. The number of methoxy groups -OCH3 is 3. The topological polar surface area (TPSA) is 56.8 Å². The fourth-order valence-electron chi connectivity index (χ4n) is 3.15. The van der Waals surface area contributed by atoms with Gasteiger partial charge in [-0.3, -0.25) is 4.79 Å². The SMILES string of the molecule is COc1ccc(CCC(=O)Nc2c(C)cccc2C(C)C)c(OC)c1OC. The van der Waals surface area contributed by atoms with Gasteiger partial charge in [0.2, 0.25) is 11.7 Å². The Morgan fingerprint density at radius 1 is 1.00 bits per heavy atom. The minimum atomic E-state index is -0.0250. The van der Waals surface area contributed by atoms with Gasteiger partial charge in [0.1, 0.15) is 0 Å². The van der Waals surface area contributed by atoms with E-state index in [-0.39, 0.29) is 5.91 Å². The summed E-state index contributed by atoms with van der Waals surface area (Å²) in [5, 5.41) is 3.08. The number of aryl methyl sites for hydroxylation is 2. The standard InChI is InChI=1S/C22H29NO4/c1-14(2)17-9-7-8-15(3)20(17)23-19(24)13-11-16-10-12-18(25-4)22(27-6)21(16)26-5/h7-10,12,14H,11,13H2,1-6H3,(H,23,24). The summed E-state index contributed by atoms with van der Waals surface area (Å²) in [6.07, 6.45) is 0.885. The van der Waals surface area contributed by atoms with Crippen LogP contribution in [0.15, 0.2) is 30.3 Å². The third kappa shape index (κ3) is 4.73. The first-order valence-corrected chi connectivity index (χ1v) is 9.10. The van der Waals surface area contributed by atoms with Crippen molar-refractivity contribution < 1.29 is 19.0 Å². The van der Waals surface area contributed by atoms with Crippen LogP contribution in [0.4, 0.5) is 5.69 Å². The van der Waals surface area contributed by atoms with Crippen LogP contribution in [-0.2, 0) is 11.2 Å². The highest BCUT2D eigenvalue weighted by atomic mass is 16.5. The Balaban J connectivity index is 2.15. The first kappa shape index (κ1) is 20.6. The van der Waals surface area contributed by atoms with E-state index in [2.05, 4.69) is 25.2 Å². The number of amides is 1. The molecule has 0 spiro atoms. The highest BCUT2D eigenvalue weighted by Crippen LogP contribution is 2.40. The molecule has 1 N–H and O–H groups in total. The van der Waals surface area contributed by atoms with E-state index in [1.807, 2.05) is 31.2 Å². The van der Waals surface area contributed by atoms with Crippen LogP contribution >= 0.6 is 0 Å². The van der Waals surface area contributed by atoms with Gasteiger partial charge < -0.3 is 19.5 Å². The zero-order chi connectivity index (χ0) is 20.0. The van der Waals surface area contributed by atoms with E-state index in [4.69, 9.17) is 14.2 Å². The molecule has 2 aromatic rings. The molecule has 0 saturated carbocycles. The molecule has 0 aliphatic carbocycles. The minimum absolute atomic E-state index is 0.0250. The maximum atomic E-state index is 12.6. The Morgan fingerprint density at radius 2 is 1.70 bits per heavy atom. The Kier molecular flexibility index (Phi) is 7.11. The lowest BCUT2D eigenvalue weighted by Crippen LogP contribution is -2.15. The number of carbonyl (C=O) groups excluding carboxylic acids is 1. The summed E-state index contributed by atoms with van der Waals surface area (Å²) < 4.78 is 16.2. The highest BCUT2D eigenvalue weighted by Gasteiger charge is 2.17. The molecule has 27 heavy (non-hydrogen) atoms. The van der Waals surface area contributed by atoms with Gasteiger partial charge in [-0.25, -0.2) is 0 Å². The van der Waals surface area contributed by atoms with Gasteiger partial charge in [-0.1, -0.05) is 38.1 Å². The normalized spacial score (nSPS) is 10.6. The molecule has 0 fully saturated rings. The number of hydrogen-bond acceptors (Lipinski definition) is 4. The number of ether oxygens (including phenoxy) is 3. The Labute approximate surface area is 161 Å². The number of benzene rings is 2. The molecule has 2 rings (SSSR count). The molecule has 0 heterocycles. The maximum Gasteiger partial charge on any atom is 0.224 e. The fourth-order valence-corrected chi connectivity index (χ4v) is 3.15. The molecule has 0 aliphatic heterocycles. The number of rotatable bonds is 8. The predicted molar refractivity (Wildman–Crippen MR) is 108 cm³/mol. The lowest BCUT2D eigenvalue weighted by Gasteiger charge is -2.17. The van der Waals surface area contributed by atoms with Crippen LogP contribution in [-0.4, -0.2) is 27.2 Å². The summed E-state index contributed by atoms with van der Waals surface area (Å²) in [6, 6.07) is 9.83. The van der Waals surface area contributed by atoms with Crippen molar-refractivity contribution >= 4 is 11.6 Å².